The van der Waals surface area contributed by atoms with Gasteiger partial charge in [-0.3, -0.25) is 14.9 Å². The fraction of sp³-hybridized carbons (Fsp3) is 0.125. The summed E-state index contributed by atoms with van der Waals surface area (Å²) in [4.78, 5) is 43.6. The first-order valence-electron chi connectivity index (χ1n) is 10.1. The van der Waals surface area contributed by atoms with Gasteiger partial charge in [0.15, 0.2) is 0 Å². The Morgan fingerprint density at radius 2 is 1.76 bits per heavy atom. The second kappa shape index (κ2) is 9.31. The first-order chi connectivity index (χ1) is 15.9. The SMILES string of the molecule is COC(=O)c1cc(C(=O)N[C@@H](Cc2ccccc2)c2nc3ccccc3[nH]2)cc([N+](=O)[O-])c1. The lowest BCUT2D eigenvalue weighted by molar-refractivity contribution is -0.384. The number of fused-ring (bicyclic) bond motifs is 1. The van der Waals surface area contributed by atoms with Gasteiger partial charge in [0.2, 0.25) is 0 Å². The Kier molecular flexibility index (Phi) is 6.12. The highest BCUT2D eigenvalue weighted by Crippen LogP contribution is 2.22. The summed E-state index contributed by atoms with van der Waals surface area (Å²) in [7, 11) is 1.17. The molecular formula is C24H20N4O5. The van der Waals surface area contributed by atoms with Gasteiger partial charge < -0.3 is 15.0 Å². The molecule has 1 atom stereocenters. The van der Waals surface area contributed by atoms with E-state index in [2.05, 4.69) is 20.0 Å². The van der Waals surface area contributed by atoms with Crippen LogP contribution in [0.1, 0.15) is 38.1 Å². The van der Waals surface area contributed by atoms with Crippen LogP contribution < -0.4 is 5.32 Å². The zero-order valence-corrected chi connectivity index (χ0v) is 17.6. The number of non-ortho nitro benzene ring substituents is 1. The number of nitro groups is 1. The fourth-order valence-electron chi connectivity index (χ4n) is 3.53. The number of para-hydroxylation sites is 2. The van der Waals surface area contributed by atoms with Crippen molar-refractivity contribution in [1.29, 1.82) is 0 Å². The number of aromatic amines is 1. The van der Waals surface area contributed by atoms with Gasteiger partial charge in [-0.25, -0.2) is 9.78 Å². The highest BCUT2D eigenvalue weighted by atomic mass is 16.6. The number of methoxy groups -OCH3 is 1. The lowest BCUT2D eigenvalue weighted by atomic mass is 10.0. The average Bonchev–Trinajstić information content (AvgIpc) is 3.27. The molecule has 0 saturated carbocycles. The molecule has 0 saturated heterocycles. The molecule has 9 nitrogen and oxygen atoms in total. The third kappa shape index (κ3) is 4.87. The van der Waals surface area contributed by atoms with Crippen LogP contribution in [0.3, 0.4) is 0 Å². The highest BCUT2D eigenvalue weighted by molar-refractivity contribution is 5.99. The minimum absolute atomic E-state index is 0.0289. The number of H-pyrrole nitrogens is 1. The molecule has 0 unspecified atom stereocenters. The average molecular weight is 444 g/mol. The van der Waals surface area contributed by atoms with Crippen LogP contribution in [-0.4, -0.2) is 33.9 Å². The number of carbonyl (C=O) groups excluding carboxylic acids is 2. The Labute approximate surface area is 188 Å². The van der Waals surface area contributed by atoms with Gasteiger partial charge in [0.25, 0.3) is 11.6 Å². The van der Waals surface area contributed by atoms with Crippen LogP contribution in [0.15, 0.2) is 72.8 Å². The molecule has 0 radical (unpaired) electrons. The molecule has 0 bridgehead atoms. The van der Waals surface area contributed by atoms with Crippen LogP contribution in [0, 0.1) is 10.1 Å². The Morgan fingerprint density at radius 1 is 1.06 bits per heavy atom. The van der Waals surface area contributed by atoms with Crippen molar-refractivity contribution in [3.05, 3.63) is 105 Å². The number of esters is 1. The predicted octanol–water partition coefficient (Wildman–Crippen LogP) is 3.97. The second-order valence-corrected chi connectivity index (χ2v) is 7.37. The Balaban J connectivity index is 1.69. The van der Waals surface area contributed by atoms with Crippen LogP contribution in [0.4, 0.5) is 5.69 Å². The summed E-state index contributed by atoms with van der Waals surface area (Å²) < 4.78 is 4.66. The number of nitrogens with one attached hydrogen (secondary N) is 2. The lowest BCUT2D eigenvalue weighted by Crippen LogP contribution is -2.31. The van der Waals surface area contributed by atoms with E-state index in [1.165, 1.54) is 13.2 Å². The summed E-state index contributed by atoms with van der Waals surface area (Å²) in [5, 5.41) is 14.2. The van der Waals surface area contributed by atoms with E-state index < -0.39 is 22.8 Å². The molecule has 0 aliphatic rings. The van der Waals surface area contributed by atoms with Crippen molar-refractivity contribution in [1.82, 2.24) is 15.3 Å². The molecular weight excluding hydrogens is 424 g/mol. The van der Waals surface area contributed by atoms with E-state index in [-0.39, 0.29) is 16.8 Å². The second-order valence-electron chi connectivity index (χ2n) is 7.37. The van der Waals surface area contributed by atoms with E-state index >= 15 is 0 Å². The highest BCUT2D eigenvalue weighted by Gasteiger charge is 2.23. The largest absolute Gasteiger partial charge is 0.465 e. The zero-order chi connectivity index (χ0) is 23.4. The predicted molar refractivity (Wildman–Crippen MR) is 121 cm³/mol. The van der Waals surface area contributed by atoms with Crippen molar-refractivity contribution in [3.63, 3.8) is 0 Å². The summed E-state index contributed by atoms with van der Waals surface area (Å²) in [6.07, 6.45) is 0.436. The minimum atomic E-state index is -0.772. The van der Waals surface area contributed by atoms with Crippen molar-refractivity contribution in [2.45, 2.75) is 12.5 Å². The maximum Gasteiger partial charge on any atom is 0.338 e. The number of carbonyl (C=O) groups is 2. The van der Waals surface area contributed by atoms with E-state index in [0.717, 1.165) is 28.7 Å². The molecule has 4 rings (SSSR count). The van der Waals surface area contributed by atoms with Crippen LogP contribution in [-0.2, 0) is 11.2 Å². The van der Waals surface area contributed by atoms with Crippen molar-refractivity contribution in [2.75, 3.05) is 7.11 Å². The molecule has 0 aliphatic heterocycles. The molecule has 1 aromatic heterocycles. The molecule has 166 valence electrons. The van der Waals surface area contributed by atoms with E-state index in [9.17, 15) is 19.7 Å². The van der Waals surface area contributed by atoms with Gasteiger partial charge in [0.1, 0.15) is 5.82 Å². The Bertz CT molecular complexity index is 1300. The van der Waals surface area contributed by atoms with E-state index in [4.69, 9.17) is 0 Å². The quantitative estimate of drug-likeness (QED) is 0.252. The van der Waals surface area contributed by atoms with Crippen molar-refractivity contribution in [2.24, 2.45) is 0 Å². The first-order valence-corrected chi connectivity index (χ1v) is 10.1. The maximum absolute atomic E-state index is 13.1. The lowest BCUT2D eigenvalue weighted by Gasteiger charge is -2.17. The van der Waals surface area contributed by atoms with Gasteiger partial charge in [-0.1, -0.05) is 42.5 Å². The molecule has 4 aromatic rings. The first kappa shape index (κ1) is 21.7. The molecule has 0 spiro atoms. The summed E-state index contributed by atoms with van der Waals surface area (Å²) in [6.45, 7) is 0. The van der Waals surface area contributed by atoms with Gasteiger partial charge in [0, 0.05) is 17.7 Å². The summed E-state index contributed by atoms with van der Waals surface area (Å²) in [5.74, 6) is -0.803. The van der Waals surface area contributed by atoms with Crippen LogP contribution >= 0.6 is 0 Å². The van der Waals surface area contributed by atoms with Crippen molar-refractivity contribution >= 4 is 28.6 Å². The molecule has 0 fully saturated rings. The Morgan fingerprint density at radius 3 is 2.45 bits per heavy atom. The number of imidazole rings is 1. The fourth-order valence-corrected chi connectivity index (χ4v) is 3.53. The number of ether oxygens (including phenoxy) is 1. The van der Waals surface area contributed by atoms with Crippen LogP contribution in [0.5, 0.6) is 0 Å². The Hall–Kier alpha value is -4.53. The van der Waals surface area contributed by atoms with Crippen molar-refractivity contribution < 1.29 is 19.2 Å². The molecule has 1 amide bonds. The summed E-state index contributed by atoms with van der Waals surface area (Å²) >= 11 is 0. The van der Waals surface area contributed by atoms with Crippen LogP contribution in [0.2, 0.25) is 0 Å². The number of amides is 1. The minimum Gasteiger partial charge on any atom is -0.465 e. The van der Waals surface area contributed by atoms with Gasteiger partial charge in [-0.15, -0.1) is 0 Å². The molecule has 0 aliphatic carbocycles. The molecule has 1 heterocycles. The maximum atomic E-state index is 13.1. The van der Waals surface area contributed by atoms with E-state index in [1.54, 1.807) is 0 Å². The molecule has 33 heavy (non-hydrogen) atoms. The van der Waals surface area contributed by atoms with Gasteiger partial charge in [0.05, 0.1) is 34.7 Å². The van der Waals surface area contributed by atoms with Crippen LogP contribution in [0.25, 0.3) is 11.0 Å². The number of hydrogen-bond acceptors (Lipinski definition) is 6. The number of benzene rings is 3. The number of nitrogens with zero attached hydrogens (tertiary/aromatic N) is 2. The van der Waals surface area contributed by atoms with Gasteiger partial charge >= 0.3 is 5.97 Å². The zero-order valence-electron chi connectivity index (χ0n) is 17.6. The van der Waals surface area contributed by atoms with E-state index in [1.807, 2.05) is 54.6 Å². The smallest absolute Gasteiger partial charge is 0.338 e. The third-order valence-electron chi connectivity index (χ3n) is 5.14. The number of nitro benzene ring substituents is 1. The summed E-state index contributed by atoms with van der Waals surface area (Å²) in [6, 6.07) is 20.0. The monoisotopic (exact) mass is 444 g/mol. The van der Waals surface area contributed by atoms with E-state index in [0.29, 0.717) is 12.2 Å². The number of hydrogen-bond donors (Lipinski definition) is 2. The molecule has 9 heteroatoms. The number of rotatable bonds is 7. The van der Waals surface area contributed by atoms with Crippen molar-refractivity contribution in [3.8, 4) is 0 Å². The number of aromatic nitrogens is 2. The topological polar surface area (TPSA) is 127 Å². The molecule has 3 aromatic carbocycles. The van der Waals surface area contributed by atoms with Gasteiger partial charge in [-0.2, -0.15) is 0 Å². The third-order valence-corrected chi connectivity index (χ3v) is 5.14. The molecule has 2 N–H and O–H groups in total. The normalized spacial score (nSPS) is 11.7. The van der Waals surface area contributed by atoms with Gasteiger partial charge in [-0.05, 0) is 30.2 Å². The standard InChI is InChI=1S/C24H20N4O5/c1-33-24(30)17-12-16(13-18(14-17)28(31)32)23(29)27-21(11-15-7-3-2-4-8-15)22-25-19-9-5-6-10-20(19)26-22/h2-10,12-14,21H,11H2,1H3,(H,25,26)(H,27,29)/t21-/m0/s1. The summed E-state index contributed by atoms with van der Waals surface area (Å²) in [5.41, 5.74) is 2.05.